The van der Waals surface area contributed by atoms with Crippen molar-refractivity contribution in [3.63, 3.8) is 0 Å². The first-order chi connectivity index (χ1) is 10.8. The van der Waals surface area contributed by atoms with Crippen LogP contribution >= 0.6 is 0 Å². The Labute approximate surface area is 132 Å². The van der Waals surface area contributed by atoms with Crippen LogP contribution in [0, 0.1) is 0 Å². The summed E-state index contributed by atoms with van der Waals surface area (Å²) < 4.78 is 0. The van der Waals surface area contributed by atoms with Gasteiger partial charge in [0.2, 0.25) is 5.95 Å². The number of unbranched alkanes of at least 4 members (excludes halogenated alkanes) is 1. The van der Waals surface area contributed by atoms with Crippen LogP contribution in [0.25, 0.3) is 0 Å². The van der Waals surface area contributed by atoms with Gasteiger partial charge in [-0.3, -0.25) is 4.90 Å². The molecule has 0 amide bonds. The molecule has 5 heteroatoms. The number of nitrogens with zero attached hydrogens (tertiary/aromatic N) is 4. The number of nitrogens with one attached hydrogen (secondary N) is 1. The van der Waals surface area contributed by atoms with Crippen LogP contribution in [0.2, 0.25) is 0 Å². The maximum Gasteiger partial charge on any atom is 0.221 e. The first kappa shape index (κ1) is 15.0. The minimum atomic E-state index is 0.889. The van der Waals surface area contributed by atoms with Gasteiger partial charge in [0, 0.05) is 32.7 Å². The lowest BCUT2D eigenvalue weighted by Gasteiger charge is -2.34. The molecule has 1 fully saturated rings. The Balaban J connectivity index is 1.48. The molecule has 2 aromatic rings. The Morgan fingerprint density at radius 1 is 1.05 bits per heavy atom. The molecule has 3 rings (SSSR count). The Morgan fingerprint density at radius 3 is 2.41 bits per heavy atom. The summed E-state index contributed by atoms with van der Waals surface area (Å²) >= 11 is 0. The largest absolute Gasteiger partial charge is 0.339 e. The molecule has 1 N–H and O–H groups in total. The second-order valence-electron chi connectivity index (χ2n) is 5.99. The summed E-state index contributed by atoms with van der Waals surface area (Å²) in [4.78, 5) is 8.99. The van der Waals surface area contributed by atoms with Crippen LogP contribution in [0.15, 0.2) is 30.6 Å². The molecule has 118 valence electrons. The van der Waals surface area contributed by atoms with Crippen molar-refractivity contribution in [1.82, 2.24) is 20.1 Å². The van der Waals surface area contributed by atoms with Crippen molar-refractivity contribution in [3.8, 4) is 0 Å². The molecule has 5 nitrogen and oxygen atoms in total. The van der Waals surface area contributed by atoms with E-state index in [-0.39, 0.29) is 0 Å². The number of benzene rings is 1. The van der Waals surface area contributed by atoms with Gasteiger partial charge in [0.25, 0.3) is 0 Å². The monoisotopic (exact) mass is 299 g/mol. The van der Waals surface area contributed by atoms with E-state index in [1.165, 1.54) is 30.4 Å². The number of aryl methyl sites for hydroxylation is 1. The average Bonchev–Trinajstić information content (AvgIpc) is 3.09. The Kier molecular flexibility index (Phi) is 5.06. The second kappa shape index (κ2) is 7.40. The molecule has 1 saturated heterocycles. The van der Waals surface area contributed by atoms with E-state index in [9.17, 15) is 0 Å². The molecule has 0 atom stereocenters. The fourth-order valence-corrected chi connectivity index (χ4v) is 2.92. The molecule has 1 aromatic heterocycles. The van der Waals surface area contributed by atoms with Crippen LogP contribution in [-0.2, 0) is 13.0 Å². The molecular weight excluding hydrogens is 274 g/mol. The van der Waals surface area contributed by atoms with E-state index < -0.39 is 0 Å². The highest BCUT2D eigenvalue weighted by Gasteiger charge is 2.18. The normalized spacial score (nSPS) is 16.1. The first-order valence-corrected chi connectivity index (χ1v) is 8.25. The summed E-state index contributed by atoms with van der Waals surface area (Å²) in [6, 6.07) is 9.15. The van der Waals surface area contributed by atoms with Gasteiger partial charge in [0.15, 0.2) is 0 Å². The zero-order valence-corrected chi connectivity index (χ0v) is 13.3. The van der Waals surface area contributed by atoms with E-state index in [0.29, 0.717) is 0 Å². The molecule has 0 unspecified atom stereocenters. The average molecular weight is 299 g/mol. The van der Waals surface area contributed by atoms with Crippen molar-refractivity contribution in [2.75, 3.05) is 31.1 Å². The maximum atomic E-state index is 4.22. The highest BCUT2D eigenvalue weighted by molar-refractivity contribution is 5.28. The summed E-state index contributed by atoms with van der Waals surface area (Å²) in [7, 11) is 0. The van der Waals surface area contributed by atoms with Crippen LogP contribution in [0.3, 0.4) is 0 Å². The molecule has 1 aromatic carbocycles. The van der Waals surface area contributed by atoms with Crippen molar-refractivity contribution >= 4 is 5.95 Å². The Hall–Kier alpha value is -1.88. The zero-order valence-electron chi connectivity index (χ0n) is 13.3. The van der Waals surface area contributed by atoms with Crippen molar-refractivity contribution < 1.29 is 0 Å². The smallest absolute Gasteiger partial charge is 0.221 e. The van der Waals surface area contributed by atoms with E-state index in [4.69, 9.17) is 0 Å². The van der Waals surface area contributed by atoms with Crippen LogP contribution in [0.4, 0.5) is 5.95 Å². The molecule has 2 heterocycles. The Morgan fingerprint density at radius 2 is 1.77 bits per heavy atom. The molecular formula is C17H25N5. The lowest BCUT2D eigenvalue weighted by Crippen LogP contribution is -2.46. The number of hydrogen-bond acceptors (Lipinski definition) is 4. The molecule has 1 aliphatic rings. The standard InChI is InChI=1S/C17H25N5/c1-2-3-4-15-5-7-16(8-6-15)13-21-9-11-22(12-10-21)17-18-14-19-20-17/h5-8,14H,2-4,9-13H2,1H3,(H,18,19,20). The molecule has 1 aliphatic heterocycles. The minimum absolute atomic E-state index is 0.889. The molecule has 0 aliphatic carbocycles. The highest BCUT2D eigenvalue weighted by atomic mass is 15.4. The van der Waals surface area contributed by atoms with Crippen LogP contribution < -0.4 is 4.90 Å². The lowest BCUT2D eigenvalue weighted by molar-refractivity contribution is 0.249. The van der Waals surface area contributed by atoms with Crippen LogP contribution in [0.5, 0.6) is 0 Å². The van der Waals surface area contributed by atoms with Gasteiger partial charge in [-0.05, 0) is 24.0 Å². The summed E-state index contributed by atoms with van der Waals surface area (Å²) in [6.45, 7) is 7.43. The number of H-pyrrole nitrogens is 1. The predicted molar refractivity (Wildman–Crippen MR) is 88.9 cm³/mol. The molecule has 0 spiro atoms. The number of anilines is 1. The highest BCUT2D eigenvalue weighted by Crippen LogP contribution is 2.13. The summed E-state index contributed by atoms with van der Waals surface area (Å²) in [5.74, 6) is 0.889. The third kappa shape index (κ3) is 3.85. The summed E-state index contributed by atoms with van der Waals surface area (Å²) in [6.07, 6.45) is 5.31. The summed E-state index contributed by atoms with van der Waals surface area (Å²) in [5.41, 5.74) is 2.87. The van der Waals surface area contributed by atoms with Crippen molar-refractivity contribution in [1.29, 1.82) is 0 Å². The van der Waals surface area contributed by atoms with E-state index in [2.05, 4.69) is 56.2 Å². The second-order valence-corrected chi connectivity index (χ2v) is 5.99. The van der Waals surface area contributed by atoms with Gasteiger partial charge < -0.3 is 4.90 Å². The third-order valence-electron chi connectivity index (χ3n) is 4.32. The van der Waals surface area contributed by atoms with Gasteiger partial charge in [0.05, 0.1) is 0 Å². The fourth-order valence-electron chi connectivity index (χ4n) is 2.92. The van der Waals surface area contributed by atoms with E-state index in [1.807, 2.05) is 0 Å². The van der Waals surface area contributed by atoms with Gasteiger partial charge in [-0.15, -0.1) is 0 Å². The van der Waals surface area contributed by atoms with Gasteiger partial charge >= 0.3 is 0 Å². The van der Waals surface area contributed by atoms with Gasteiger partial charge in [0.1, 0.15) is 6.33 Å². The molecule has 22 heavy (non-hydrogen) atoms. The van der Waals surface area contributed by atoms with Crippen LogP contribution in [0.1, 0.15) is 30.9 Å². The molecule has 0 radical (unpaired) electrons. The van der Waals surface area contributed by atoms with Crippen molar-refractivity contribution in [2.45, 2.75) is 32.7 Å². The van der Waals surface area contributed by atoms with Crippen molar-refractivity contribution in [2.24, 2.45) is 0 Å². The summed E-state index contributed by atoms with van der Waals surface area (Å²) in [5, 5.41) is 6.86. The minimum Gasteiger partial charge on any atom is -0.339 e. The first-order valence-electron chi connectivity index (χ1n) is 8.25. The Bertz CT molecular complexity index is 541. The number of rotatable bonds is 6. The van der Waals surface area contributed by atoms with Crippen molar-refractivity contribution in [3.05, 3.63) is 41.7 Å². The topological polar surface area (TPSA) is 48.1 Å². The predicted octanol–water partition coefficient (Wildman–Crippen LogP) is 2.47. The number of hydrogen-bond donors (Lipinski definition) is 1. The SMILES string of the molecule is CCCCc1ccc(CN2CCN(c3ncn[nH]3)CC2)cc1. The van der Waals surface area contributed by atoms with E-state index in [0.717, 1.165) is 38.7 Å². The third-order valence-corrected chi connectivity index (χ3v) is 4.32. The van der Waals surface area contributed by atoms with Gasteiger partial charge in [-0.2, -0.15) is 10.1 Å². The fraction of sp³-hybridized carbons (Fsp3) is 0.529. The molecule has 0 bridgehead atoms. The number of aromatic nitrogens is 3. The van der Waals surface area contributed by atoms with Gasteiger partial charge in [-0.25, -0.2) is 5.10 Å². The van der Waals surface area contributed by atoms with Crippen LogP contribution in [-0.4, -0.2) is 46.3 Å². The zero-order chi connectivity index (χ0) is 15.2. The maximum absolute atomic E-state index is 4.22. The van der Waals surface area contributed by atoms with E-state index >= 15 is 0 Å². The molecule has 0 saturated carbocycles. The quantitative estimate of drug-likeness (QED) is 0.890. The number of piperazine rings is 1. The van der Waals surface area contributed by atoms with E-state index in [1.54, 1.807) is 6.33 Å². The van der Waals surface area contributed by atoms with Gasteiger partial charge in [-0.1, -0.05) is 37.6 Å². The number of aromatic amines is 1. The lowest BCUT2D eigenvalue weighted by atomic mass is 10.1.